The van der Waals surface area contributed by atoms with Crippen LogP contribution in [0.4, 0.5) is 5.69 Å². The van der Waals surface area contributed by atoms with Crippen molar-refractivity contribution in [1.82, 2.24) is 35.8 Å². The van der Waals surface area contributed by atoms with Gasteiger partial charge in [0.15, 0.2) is 5.82 Å². The Morgan fingerprint density at radius 2 is 1.45 bits per heavy atom. The molecule has 2 heterocycles. The number of nitrogens with zero attached hydrogens (tertiary/aromatic N) is 6. The molecule has 6 aromatic rings. The molecular formula is C49H56N9NaO7S. The Balaban J connectivity index is 0.00000840. The summed E-state index contributed by atoms with van der Waals surface area (Å²) in [6.07, 6.45) is 6.08. The van der Waals surface area contributed by atoms with Crippen molar-refractivity contribution < 1.29 is 61.6 Å². The number of pyridine rings is 1. The number of unbranched alkanes of at least 4 members (excludes halogenated alkanes) is 1. The van der Waals surface area contributed by atoms with Crippen molar-refractivity contribution in [2.75, 3.05) is 38.3 Å². The van der Waals surface area contributed by atoms with Crippen LogP contribution >= 0.6 is 0 Å². The number of aromatic nitrogens is 5. The second-order valence-corrected chi connectivity index (χ2v) is 17.5. The fourth-order valence-electron chi connectivity index (χ4n) is 7.08. The van der Waals surface area contributed by atoms with Crippen molar-refractivity contribution in [3.05, 3.63) is 138 Å². The van der Waals surface area contributed by atoms with Gasteiger partial charge in [-0.15, -0.1) is 5.10 Å². The quantitative estimate of drug-likeness (QED) is 0.0227. The number of hydrogen-bond acceptors (Lipinski definition) is 13. The molecule has 16 nitrogen and oxygen atoms in total. The average Bonchev–Trinajstić information content (AvgIpc) is 3.81. The number of aryl methyl sites for hydroxylation is 1. The van der Waals surface area contributed by atoms with Crippen molar-refractivity contribution >= 4 is 33.8 Å². The molecule has 3 N–H and O–H groups in total. The Kier molecular flexibility index (Phi) is 20.6. The number of tetrazole rings is 1. The Labute approximate surface area is 414 Å². The largest absolute Gasteiger partial charge is 1.00 e. The molecule has 6 rings (SSSR count). The summed E-state index contributed by atoms with van der Waals surface area (Å²) in [5.41, 5.74) is 7.72. The van der Waals surface area contributed by atoms with E-state index in [9.17, 15) is 22.6 Å². The van der Waals surface area contributed by atoms with Gasteiger partial charge in [-0.25, -0.2) is 18.1 Å². The zero-order valence-corrected chi connectivity index (χ0v) is 41.1. The molecule has 0 fully saturated rings. The minimum Gasteiger partial charge on any atom is -0.744 e. The number of ether oxygens (including phenoxy) is 2. The second-order valence-electron chi connectivity index (χ2n) is 16.2. The molecule has 0 aliphatic heterocycles. The normalized spacial score (nSPS) is 11.5. The topological polar surface area (TPSA) is 215 Å². The van der Waals surface area contributed by atoms with Crippen LogP contribution in [0.25, 0.3) is 22.4 Å². The zero-order chi connectivity index (χ0) is 46.6. The van der Waals surface area contributed by atoms with Gasteiger partial charge in [-0.1, -0.05) is 92.7 Å². The second kappa shape index (κ2) is 26.5. The van der Waals surface area contributed by atoms with Gasteiger partial charge in [0.1, 0.15) is 10.1 Å². The predicted molar refractivity (Wildman–Crippen MR) is 252 cm³/mol. The summed E-state index contributed by atoms with van der Waals surface area (Å²) in [7, 11) is -4.63. The van der Waals surface area contributed by atoms with Crippen molar-refractivity contribution in [2.24, 2.45) is 5.10 Å². The zero-order valence-electron chi connectivity index (χ0n) is 38.3. The molecule has 2 amide bonds. The molecule has 0 unspecified atom stereocenters. The molecule has 346 valence electrons. The minimum absolute atomic E-state index is 0. The van der Waals surface area contributed by atoms with E-state index in [0.29, 0.717) is 82.3 Å². The Morgan fingerprint density at radius 1 is 0.776 bits per heavy atom. The number of carbonyl (C=O) groups excluding carboxylic acids is 2. The van der Waals surface area contributed by atoms with Gasteiger partial charge in [0.2, 0.25) is 11.8 Å². The van der Waals surface area contributed by atoms with Crippen LogP contribution in [0.3, 0.4) is 0 Å². The molecule has 0 aliphatic rings. The number of hydrogen-bond donors (Lipinski definition) is 3. The maximum absolute atomic E-state index is 12.6. The van der Waals surface area contributed by atoms with Gasteiger partial charge in [-0.05, 0) is 96.5 Å². The van der Waals surface area contributed by atoms with Gasteiger partial charge >= 0.3 is 29.6 Å². The van der Waals surface area contributed by atoms with E-state index in [1.807, 2.05) is 42.5 Å². The van der Waals surface area contributed by atoms with E-state index in [-0.39, 0.29) is 57.2 Å². The number of rotatable bonds is 26. The van der Waals surface area contributed by atoms with E-state index in [2.05, 4.69) is 80.9 Å². The summed E-state index contributed by atoms with van der Waals surface area (Å²) in [6, 6.07) is 36.8. The summed E-state index contributed by atoms with van der Waals surface area (Å²) in [5.74, 6) is 1.11. The fourth-order valence-corrected chi connectivity index (χ4v) is 7.73. The first kappa shape index (κ1) is 52.2. The molecule has 18 heteroatoms. The Hall–Kier alpha value is -5.82. The number of hydrazone groups is 1. The van der Waals surface area contributed by atoms with Crippen molar-refractivity contribution in [2.45, 2.75) is 75.6 Å². The maximum Gasteiger partial charge on any atom is 1.00 e. The van der Waals surface area contributed by atoms with Crippen LogP contribution in [0, 0.1) is 0 Å². The Bertz CT molecular complexity index is 2560. The molecule has 0 saturated heterocycles. The van der Waals surface area contributed by atoms with Crippen molar-refractivity contribution in [3.8, 4) is 28.3 Å². The smallest absolute Gasteiger partial charge is 0.744 e. The molecule has 67 heavy (non-hydrogen) atoms. The molecule has 0 radical (unpaired) electrons. The molecule has 0 spiro atoms. The van der Waals surface area contributed by atoms with E-state index >= 15 is 0 Å². The standard InChI is InChI=1S/C49H57N9O7S.Na/c1-49(2,27-11-12-33-65-46-35-41(37-16-5-3-6-17-37)34-43(53-46)38-18-7-4-8-19-38)48-55-56-57-58(48)30-13-22-45(59)50-28-14-31-64-32-15-29-51-47(60)39-23-25-42(26-24-39)54-52-36-40-20-9-10-21-44(40)66(61,62)63;/h3-10,16-21,23-26,34-36,54H,11-15,22,27-33H2,1-2H3,(H,50,59)(H,51,60)(H,61,62,63);/q;+1/p-1/b52-36+;. The van der Waals surface area contributed by atoms with Gasteiger partial charge < -0.3 is 24.7 Å². The number of carbonyl (C=O) groups is 2. The van der Waals surface area contributed by atoms with Crippen LogP contribution in [0.5, 0.6) is 5.88 Å². The van der Waals surface area contributed by atoms with Gasteiger partial charge in [-0.3, -0.25) is 15.0 Å². The van der Waals surface area contributed by atoms with E-state index in [1.54, 1.807) is 35.0 Å². The van der Waals surface area contributed by atoms with Crippen LogP contribution in [-0.2, 0) is 31.6 Å². The maximum atomic E-state index is 12.6. The summed E-state index contributed by atoms with van der Waals surface area (Å²) < 4.78 is 48.0. The van der Waals surface area contributed by atoms with Crippen molar-refractivity contribution in [3.63, 3.8) is 0 Å². The molecule has 0 atom stereocenters. The summed E-state index contributed by atoms with van der Waals surface area (Å²) in [4.78, 5) is 29.6. The van der Waals surface area contributed by atoms with E-state index in [1.165, 1.54) is 24.4 Å². The van der Waals surface area contributed by atoms with Crippen LogP contribution in [-0.4, -0.2) is 89.1 Å². The Morgan fingerprint density at radius 3 is 2.16 bits per heavy atom. The number of anilines is 1. The number of nitrogens with one attached hydrogen (secondary N) is 3. The molecule has 0 bridgehead atoms. The minimum atomic E-state index is -4.63. The van der Waals surface area contributed by atoms with Gasteiger partial charge in [0, 0.05) is 67.4 Å². The van der Waals surface area contributed by atoms with Gasteiger partial charge in [0.25, 0.3) is 5.91 Å². The SMILES string of the molecule is CC(C)(CCCCOc1cc(-c2ccccc2)cc(-c2ccccc2)n1)c1nnnn1CCCC(=O)NCCCOCCCNC(=O)c1ccc(N/N=C/c2ccccc2S(=O)(=O)[O-])cc1.[Na+]. The van der Waals surface area contributed by atoms with Crippen LogP contribution in [0.1, 0.15) is 80.5 Å². The van der Waals surface area contributed by atoms with E-state index < -0.39 is 10.1 Å². The van der Waals surface area contributed by atoms with E-state index in [0.717, 1.165) is 47.5 Å². The molecular weight excluding hydrogens is 882 g/mol. The summed E-state index contributed by atoms with van der Waals surface area (Å²) in [6.45, 7) is 7.20. The average molecular weight is 938 g/mol. The number of benzene rings is 4. The van der Waals surface area contributed by atoms with Crippen LogP contribution < -0.4 is 50.4 Å². The first-order valence-corrected chi connectivity index (χ1v) is 23.5. The third-order valence-electron chi connectivity index (χ3n) is 10.6. The summed E-state index contributed by atoms with van der Waals surface area (Å²) in [5, 5.41) is 22.3. The first-order valence-electron chi connectivity index (χ1n) is 22.1. The molecule has 0 saturated carbocycles. The first-order chi connectivity index (χ1) is 32.0. The third kappa shape index (κ3) is 16.8. The van der Waals surface area contributed by atoms with Gasteiger partial charge in [-0.2, -0.15) is 5.10 Å². The van der Waals surface area contributed by atoms with E-state index in [4.69, 9.17) is 14.5 Å². The van der Waals surface area contributed by atoms with Gasteiger partial charge in [0.05, 0.1) is 29.1 Å². The van der Waals surface area contributed by atoms with Crippen LogP contribution in [0.15, 0.2) is 131 Å². The van der Waals surface area contributed by atoms with Crippen molar-refractivity contribution in [1.29, 1.82) is 0 Å². The molecule has 0 aliphatic carbocycles. The summed E-state index contributed by atoms with van der Waals surface area (Å²) >= 11 is 0. The third-order valence-corrected chi connectivity index (χ3v) is 11.5. The molecule has 2 aromatic heterocycles. The number of amides is 2. The molecule has 4 aromatic carbocycles. The monoisotopic (exact) mass is 937 g/mol. The van der Waals surface area contributed by atoms with Crippen LogP contribution in [0.2, 0.25) is 0 Å². The fraction of sp³-hybridized carbons (Fsp3) is 0.327. The predicted octanol–water partition coefficient (Wildman–Crippen LogP) is 4.41.